The van der Waals surface area contributed by atoms with E-state index in [1.54, 1.807) is 8.90 Å². The van der Waals surface area contributed by atoms with Crippen LogP contribution < -0.4 is 24.8 Å². The van der Waals surface area contributed by atoms with Crippen LogP contribution in [-0.4, -0.2) is 0 Å². The first-order valence-corrected chi connectivity index (χ1v) is 8.27. The van der Waals surface area contributed by atoms with Crippen molar-refractivity contribution in [3.05, 3.63) is 21.1 Å². The van der Waals surface area contributed by atoms with Crippen molar-refractivity contribution < 1.29 is 47.7 Å². The molecule has 0 fully saturated rings. The Hall–Kier alpha value is 0.930. The second-order valence-corrected chi connectivity index (χ2v) is 5.98. The third kappa shape index (κ3) is 3.36. The summed E-state index contributed by atoms with van der Waals surface area (Å²) in [6, 6.07) is 0. The number of hydrogen-bond acceptors (Lipinski definition) is 0. The van der Waals surface area contributed by atoms with E-state index in [1.807, 2.05) is 0 Å². The topological polar surface area (TPSA) is 0 Å². The van der Waals surface area contributed by atoms with Gasteiger partial charge in [0.05, 0.1) is 0 Å². The third-order valence-corrected chi connectivity index (χ3v) is 5.79. The molecular formula is C7H10Cl2Hf. The molecule has 0 spiro atoms. The summed E-state index contributed by atoms with van der Waals surface area (Å²) in [5, 5.41) is 0. The van der Waals surface area contributed by atoms with Gasteiger partial charge in [0.2, 0.25) is 0 Å². The summed E-state index contributed by atoms with van der Waals surface area (Å²) in [5.41, 5.74) is 1.57. The molecule has 10 heavy (non-hydrogen) atoms. The van der Waals surface area contributed by atoms with Gasteiger partial charge in [-0.05, 0) is 0 Å². The van der Waals surface area contributed by atoms with Gasteiger partial charge in [0, 0.05) is 0 Å². The van der Waals surface area contributed by atoms with Crippen molar-refractivity contribution in [2.75, 3.05) is 0 Å². The van der Waals surface area contributed by atoms with Crippen LogP contribution in [0.3, 0.4) is 0 Å². The molecule has 0 amide bonds. The average molecular weight is 344 g/mol. The summed E-state index contributed by atoms with van der Waals surface area (Å²) in [6.45, 7) is 2.23. The zero-order valence-corrected chi connectivity index (χ0v) is 11.2. The number of hydrogen-bond donors (Lipinski definition) is 0. The Morgan fingerprint density at radius 3 is 2.20 bits per heavy atom. The monoisotopic (exact) mass is 344 g/mol. The van der Waals surface area contributed by atoms with Crippen LogP contribution in [0.15, 0.2) is 21.1 Å². The van der Waals surface area contributed by atoms with Gasteiger partial charge in [-0.2, -0.15) is 0 Å². The average Bonchev–Trinajstić information content (AvgIpc) is 2.14. The molecule has 1 aliphatic rings. The van der Waals surface area contributed by atoms with Crippen molar-refractivity contribution in [3.8, 4) is 0 Å². The molecule has 56 valence electrons. The van der Waals surface area contributed by atoms with Gasteiger partial charge in [0.1, 0.15) is 0 Å². The Bertz CT molecular complexity index is 150. The molecule has 0 aliphatic heterocycles. The molecule has 1 rings (SSSR count). The van der Waals surface area contributed by atoms with Crippen LogP contribution in [0.5, 0.6) is 0 Å². The van der Waals surface area contributed by atoms with E-state index in [0.717, 1.165) is 0 Å². The maximum atomic E-state index is 2.41. The molecule has 0 bridgehead atoms. The smallest absolute Gasteiger partial charge is 1.00 e. The summed E-state index contributed by atoms with van der Waals surface area (Å²) < 4.78 is 4.20. The van der Waals surface area contributed by atoms with E-state index in [0.29, 0.717) is 0 Å². The second-order valence-electron chi connectivity index (χ2n) is 2.02. The van der Waals surface area contributed by atoms with Crippen molar-refractivity contribution >= 4 is 0 Å². The van der Waals surface area contributed by atoms with Crippen molar-refractivity contribution in [3.63, 3.8) is 0 Å². The van der Waals surface area contributed by atoms with Crippen molar-refractivity contribution in [2.45, 2.75) is 18.0 Å². The molecule has 0 aromatic rings. The van der Waals surface area contributed by atoms with Gasteiger partial charge in [-0.25, -0.2) is 0 Å². The number of allylic oxidation sites excluding steroid dienone is 4. The van der Waals surface area contributed by atoms with Gasteiger partial charge in [0.15, 0.2) is 0 Å². The normalized spacial score (nSPS) is 13.8. The fourth-order valence-electron chi connectivity index (χ4n) is 0.914. The minimum Gasteiger partial charge on any atom is -1.00 e. The molecule has 0 nitrogen and oxygen atoms in total. The molecule has 0 N–H and O–H groups in total. The van der Waals surface area contributed by atoms with E-state index in [1.165, 1.54) is 6.42 Å². The predicted molar refractivity (Wildman–Crippen MR) is 32.3 cm³/mol. The van der Waals surface area contributed by atoms with Crippen LogP contribution in [0, 0.1) is 0 Å². The van der Waals surface area contributed by atoms with E-state index in [4.69, 9.17) is 0 Å². The summed E-state index contributed by atoms with van der Waals surface area (Å²) >= 11 is -0.264. The maximum Gasteiger partial charge on any atom is -1.00 e. The second kappa shape index (κ2) is 6.63. The quantitative estimate of drug-likeness (QED) is 0.431. The van der Waals surface area contributed by atoms with E-state index in [-0.39, 0.29) is 47.7 Å². The first-order valence-electron chi connectivity index (χ1n) is 2.88. The van der Waals surface area contributed by atoms with Crippen LogP contribution in [0.2, 0.25) is 4.68 Å². The molecule has 0 unspecified atom stereocenters. The van der Waals surface area contributed by atoms with Crippen LogP contribution in [0.4, 0.5) is 0 Å². The Kier molecular flexibility index (Phi) is 8.96. The SMILES string of the molecule is [CH3][Hf+2][C]1=C(C)C=CC1.[Cl-].[Cl-]. The first kappa shape index (κ1) is 13.5. The van der Waals surface area contributed by atoms with Crippen LogP contribution in [-0.2, 0) is 22.9 Å². The number of halogens is 2. The zero-order chi connectivity index (χ0) is 5.98. The molecule has 0 heterocycles. The zero-order valence-electron chi connectivity index (χ0n) is 6.12. The molecule has 0 aromatic heterocycles. The summed E-state index contributed by atoms with van der Waals surface area (Å²) in [6.07, 6.45) is 5.82. The predicted octanol–water partition coefficient (Wildman–Crippen LogP) is -3.64. The Balaban J connectivity index is 0. The molecular weight excluding hydrogens is 333 g/mol. The molecule has 0 radical (unpaired) electrons. The molecule has 0 atom stereocenters. The molecule has 3 heteroatoms. The third-order valence-electron chi connectivity index (χ3n) is 1.47. The Morgan fingerprint density at radius 1 is 1.40 bits per heavy atom. The van der Waals surface area contributed by atoms with Gasteiger partial charge < -0.3 is 24.8 Å². The van der Waals surface area contributed by atoms with E-state index < -0.39 is 0 Å². The Labute approximate surface area is 86.3 Å². The molecule has 0 aromatic carbocycles. The number of rotatable bonds is 1. The van der Waals surface area contributed by atoms with Crippen molar-refractivity contribution in [1.82, 2.24) is 0 Å². The fraction of sp³-hybridized carbons (Fsp3) is 0.429. The van der Waals surface area contributed by atoms with Crippen molar-refractivity contribution in [1.29, 1.82) is 0 Å². The molecule has 0 saturated heterocycles. The molecule has 1 aliphatic carbocycles. The van der Waals surface area contributed by atoms with Gasteiger partial charge in [-0.1, -0.05) is 0 Å². The minimum atomic E-state index is -0.264. The summed E-state index contributed by atoms with van der Waals surface area (Å²) in [7, 11) is 0. The standard InChI is InChI=1S/C6H7.CH3.2ClH.Hf/c1-6-4-2-3-5-6;;;;/h2,4H,3H2,1H3;1H3;2*1H;/q;;;;+2/p-2. The van der Waals surface area contributed by atoms with E-state index in [9.17, 15) is 0 Å². The van der Waals surface area contributed by atoms with Crippen LogP contribution >= 0.6 is 0 Å². The van der Waals surface area contributed by atoms with Crippen LogP contribution in [0.25, 0.3) is 0 Å². The van der Waals surface area contributed by atoms with Crippen LogP contribution in [0.1, 0.15) is 13.3 Å². The van der Waals surface area contributed by atoms with E-state index >= 15 is 0 Å². The van der Waals surface area contributed by atoms with E-state index in [2.05, 4.69) is 23.8 Å². The molecule has 0 saturated carbocycles. The van der Waals surface area contributed by atoms with Gasteiger partial charge in [-0.3, -0.25) is 0 Å². The van der Waals surface area contributed by atoms with Gasteiger partial charge in [0.25, 0.3) is 0 Å². The largest absolute Gasteiger partial charge is 1.00 e. The maximum absolute atomic E-state index is 2.41. The first-order chi connectivity index (χ1) is 3.84. The van der Waals surface area contributed by atoms with Gasteiger partial charge in [-0.15, -0.1) is 0 Å². The summed E-state index contributed by atoms with van der Waals surface area (Å²) in [4.78, 5) is 0. The van der Waals surface area contributed by atoms with Crippen molar-refractivity contribution in [2.24, 2.45) is 0 Å². The van der Waals surface area contributed by atoms with Gasteiger partial charge >= 0.3 is 62.0 Å². The Morgan fingerprint density at radius 2 is 2.00 bits per heavy atom. The summed E-state index contributed by atoms with van der Waals surface area (Å²) in [5.74, 6) is 0. The minimum absolute atomic E-state index is 0. The fourth-order valence-corrected chi connectivity index (χ4v) is 3.79.